The fraction of sp³-hybridized carbons (Fsp3) is 0.412. The molecule has 2 unspecified atom stereocenters. The zero-order valence-corrected chi connectivity index (χ0v) is 14.1. The number of amides is 1. The van der Waals surface area contributed by atoms with Crippen molar-refractivity contribution in [1.82, 2.24) is 5.48 Å². The number of rotatable bonds is 6. The number of oxime groups is 1. The molecule has 1 aliphatic rings. The summed E-state index contributed by atoms with van der Waals surface area (Å²) in [6.45, 7) is -0.439. The van der Waals surface area contributed by atoms with Gasteiger partial charge in [0.1, 0.15) is 12.8 Å². The first-order valence-electron chi connectivity index (χ1n) is 7.52. The Hall–Kier alpha value is -2.04. The van der Waals surface area contributed by atoms with Crippen LogP contribution in [0.25, 0.3) is 0 Å². The van der Waals surface area contributed by atoms with Crippen LogP contribution in [-0.4, -0.2) is 41.1 Å². The molecule has 0 aliphatic carbocycles. The zero-order chi connectivity index (χ0) is 17.4. The number of nitrogens with zero attached hydrogens (tertiary/aromatic N) is 1. The molecule has 24 heavy (non-hydrogen) atoms. The fourth-order valence-electron chi connectivity index (χ4n) is 2.30. The molecule has 0 radical (unpaired) electrons. The van der Waals surface area contributed by atoms with Crippen LogP contribution in [-0.2, 0) is 9.63 Å². The SMILES string of the molecule is CSC(CC1CC(c2ccc(C#CCCF)cc2)=NO1)C(=O)NO. The summed E-state index contributed by atoms with van der Waals surface area (Å²) in [6, 6.07) is 7.52. The molecule has 0 aromatic heterocycles. The van der Waals surface area contributed by atoms with E-state index in [0.29, 0.717) is 12.8 Å². The van der Waals surface area contributed by atoms with Crippen molar-refractivity contribution in [3.63, 3.8) is 0 Å². The molecular weight excluding hydrogens is 331 g/mol. The first kappa shape index (κ1) is 18.3. The molecule has 5 nitrogen and oxygen atoms in total. The van der Waals surface area contributed by atoms with Crippen LogP contribution < -0.4 is 5.48 Å². The van der Waals surface area contributed by atoms with Gasteiger partial charge in [-0.2, -0.15) is 11.8 Å². The van der Waals surface area contributed by atoms with Gasteiger partial charge < -0.3 is 4.84 Å². The number of hydrogen-bond acceptors (Lipinski definition) is 5. The molecule has 1 aliphatic heterocycles. The summed E-state index contributed by atoms with van der Waals surface area (Å²) in [5.41, 5.74) is 4.24. The molecule has 0 saturated heterocycles. The van der Waals surface area contributed by atoms with Gasteiger partial charge in [-0.3, -0.25) is 14.4 Å². The number of alkyl halides is 1. The number of nitrogens with one attached hydrogen (secondary N) is 1. The van der Waals surface area contributed by atoms with Gasteiger partial charge in [-0.25, -0.2) is 5.48 Å². The van der Waals surface area contributed by atoms with Gasteiger partial charge in [-0.15, -0.1) is 0 Å². The van der Waals surface area contributed by atoms with E-state index >= 15 is 0 Å². The number of hydroxylamine groups is 1. The molecule has 128 valence electrons. The second kappa shape index (κ2) is 9.30. The number of hydrogen-bond donors (Lipinski definition) is 2. The zero-order valence-electron chi connectivity index (χ0n) is 13.3. The van der Waals surface area contributed by atoms with Gasteiger partial charge in [0.2, 0.25) is 0 Å². The average Bonchev–Trinajstić information content (AvgIpc) is 3.08. The lowest BCUT2D eigenvalue weighted by Crippen LogP contribution is -2.32. The third kappa shape index (κ3) is 4.98. The molecule has 0 spiro atoms. The van der Waals surface area contributed by atoms with Crippen LogP contribution in [0.3, 0.4) is 0 Å². The molecule has 2 rings (SSSR count). The highest BCUT2D eigenvalue weighted by atomic mass is 32.2. The maximum Gasteiger partial charge on any atom is 0.256 e. The highest BCUT2D eigenvalue weighted by molar-refractivity contribution is 7.99. The maximum atomic E-state index is 12.0. The smallest absolute Gasteiger partial charge is 0.256 e. The predicted molar refractivity (Wildman–Crippen MR) is 91.8 cm³/mol. The highest BCUT2D eigenvalue weighted by Crippen LogP contribution is 2.24. The van der Waals surface area contributed by atoms with Crippen LogP contribution in [0.5, 0.6) is 0 Å². The summed E-state index contributed by atoms with van der Waals surface area (Å²) in [7, 11) is 0. The molecule has 2 N–H and O–H groups in total. The van der Waals surface area contributed by atoms with Gasteiger partial charge >= 0.3 is 0 Å². The molecule has 1 aromatic rings. The maximum absolute atomic E-state index is 12.0. The van der Waals surface area contributed by atoms with Gasteiger partial charge in [-0.1, -0.05) is 29.1 Å². The monoisotopic (exact) mass is 350 g/mol. The third-order valence-corrected chi connectivity index (χ3v) is 4.54. The van der Waals surface area contributed by atoms with E-state index in [0.717, 1.165) is 16.8 Å². The second-order valence-corrected chi connectivity index (χ2v) is 6.26. The Kier molecular flexibility index (Phi) is 7.09. The van der Waals surface area contributed by atoms with E-state index in [1.165, 1.54) is 11.8 Å². The van der Waals surface area contributed by atoms with E-state index in [2.05, 4.69) is 17.0 Å². The molecule has 0 bridgehead atoms. The summed E-state index contributed by atoms with van der Waals surface area (Å²) >= 11 is 1.35. The van der Waals surface area contributed by atoms with Crippen molar-refractivity contribution in [3.05, 3.63) is 35.4 Å². The van der Waals surface area contributed by atoms with Crippen LogP contribution in [0, 0.1) is 11.8 Å². The number of thioether (sulfide) groups is 1. The summed E-state index contributed by atoms with van der Waals surface area (Å²) < 4.78 is 12.0. The Balaban J connectivity index is 1.93. The molecule has 0 saturated carbocycles. The van der Waals surface area contributed by atoms with Crippen LogP contribution in [0.4, 0.5) is 4.39 Å². The lowest BCUT2D eigenvalue weighted by atomic mass is 10.0. The minimum Gasteiger partial charge on any atom is -0.392 e. The van der Waals surface area contributed by atoms with Gasteiger partial charge in [0.25, 0.3) is 5.91 Å². The lowest BCUT2D eigenvalue weighted by molar-refractivity contribution is -0.129. The van der Waals surface area contributed by atoms with Crippen LogP contribution >= 0.6 is 11.8 Å². The summed E-state index contributed by atoms with van der Waals surface area (Å²) in [4.78, 5) is 16.9. The minimum atomic E-state index is -0.439. The van der Waals surface area contributed by atoms with E-state index in [1.54, 1.807) is 11.7 Å². The van der Waals surface area contributed by atoms with Gasteiger partial charge in [0.15, 0.2) is 0 Å². The molecular formula is C17H19FN2O3S. The largest absolute Gasteiger partial charge is 0.392 e. The van der Waals surface area contributed by atoms with E-state index in [1.807, 2.05) is 24.3 Å². The first-order valence-corrected chi connectivity index (χ1v) is 8.81. The normalized spacial score (nSPS) is 17.3. The Morgan fingerprint density at radius 3 is 2.92 bits per heavy atom. The lowest BCUT2D eigenvalue weighted by Gasteiger charge is -2.15. The van der Waals surface area contributed by atoms with Gasteiger partial charge in [0.05, 0.1) is 11.0 Å². The van der Waals surface area contributed by atoms with Crippen molar-refractivity contribution in [1.29, 1.82) is 0 Å². The first-order chi connectivity index (χ1) is 11.7. The molecule has 0 fully saturated rings. The van der Waals surface area contributed by atoms with Crippen molar-refractivity contribution in [2.24, 2.45) is 5.16 Å². The summed E-state index contributed by atoms with van der Waals surface area (Å²) in [5.74, 6) is 5.21. The van der Waals surface area contributed by atoms with Crippen molar-refractivity contribution < 1.29 is 19.2 Å². The molecule has 1 heterocycles. The second-order valence-electron chi connectivity index (χ2n) is 5.22. The van der Waals surface area contributed by atoms with Crippen LogP contribution in [0.2, 0.25) is 0 Å². The predicted octanol–water partition coefficient (Wildman–Crippen LogP) is 2.52. The summed E-state index contributed by atoms with van der Waals surface area (Å²) in [6.07, 6.45) is 2.91. The van der Waals surface area contributed by atoms with E-state index < -0.39 is 12.6 Å². The van der Waals surface area contributed by atoms with Crippen molar-refractivity contribution in [2.75, 3.05) is 12.9 Å². The minimum absolute atomic E-state index is 0.196. The van der Waals surface area contributed by atoms with Gasteiger partial charge in [-0.05, 0) is 24.0 Å². The van der Waals surface area contributed by atoms with Crippen LogP contribution in [0.1, 0.15) is 30.4 Å². The quantitative estimate of drug-likeness (QED) is 0.470. The molecule has 1 aromatic carbocycles. The average molecular weight is 350 g/mol. The van der Waals surface area contributed by atoms with E-state index in [4.69, 9.17) is 10.0 Å². The Morgan fingerprint density at radius 2 is 2.29 bits per heavy atom. The van der Waals surface area contributed by atoms with E-state index in [-0.39, 0.29) is 17.8 Å². The van der Waals surface area contributed by atoms with Crippen LogP contribution in [0.15, 0.2) is 29.4 Å². The Labute approximate surface area is 144 Å². The van der Waals surface area contributed by atoms with Gasteiger partial charge in [0, 0.05) is 24.8 Å². The number of carbonyl (C=O) groups is 1. The topological polar surface area (TPSA) is 70.9 Å². The Morgan fingerprint density at radius 1 is 1.54 bits per heavy atom. The molecule has 2 atom stereocenters. The molecule has 1 amide bonds. The number of carbonyl (C=O) groups excluding carboxylic acids is 1. The van der Waals surface area contributed by atoms with Crippen molar-refractivity contribution >= 4 is 23.4 Å². The Bertz CT molecular complexity index is 652. The van der Waals surface area contributed by atoms with Crippen molar-refractivity contribution in [2.45, 2.75) is 30.6 Å². The third-order valence-electron chi connectivity index (χ3n) is 3.57. The standard InChI is InChI=1S/C17H19FN2O3S/c1-24-16(17(21)19-22)11-14-10-15(20-23-14)13-7-5-12(6-8-13)4-2-3-9-18/h5-8,14,16,22H,3,9-11H2,1H3,(H,19,21). The summed E-state index contributed by atoms with van der Waals surface area (Å²) in [5, 5.41) is 12.4. The number of benzene rings is 1. The molecule has 7 heteroatoms. The number of halogens is 1. The fourth-order valence-corrected chi connectivity index (χ4v) is 2.98. The van der Waals surface area contributed by atoms with Crippen molar-refractivity contribution in [3.8, 4) is 11.8 Å². The highest BCUT2D eigenvalue weighted by Gasteiger charge is 2.28. The van der Waals surface area contributed by atoms with E-state index in [9.17, 15) is 9.18 Å².